The van der Waals surface area contributed by atoms with E-state index >= 15 is 0 Å². The molecule has 3 nitrogen and oxygen atoms in total. The first-order valence-electron chi connectivity index (χ1n) is 5.63. The molecule has 100 valence electrons. The molecule has 2 atom stereocenters. The van der Waals surface area contributed by atoms with Gasteiger partial charge < -0.3 is 10.6 Å². The molecule has 0 saturated carbocycles. The van der Waals surface area contributed by atoms with Crippen LogP contribution in [0.25, 0.3) is 0 Å². The highest BCUT2D eigenvalue weighted by Gasteiger charge is 2.49. The third-order valence-electron chi connectivity index (χ3n) is 3.36. The van der Waals surface area contributed by atoms with Crippen LogP contribution in [-0.4, -0.2) is 36.1 Å². The van der Waals surface area contributed by atoms with Gasteiger partial charge in [-0.15, -0.1) is 0 Å². The van der Waals surface area contributed by atoms with E-state index in [9.17, 15) is 18.0 Å². The lowest BCUT2D eigenvalue weighted by Gasteiger charge is -2.31. The largest absolute Gasteiger partial charge is 0.410 e. The highest BCUT2D eigenvalue weighted by molar-refractivity contribution is 5.79. The van der Waals surface area contributed by atoms with Gasteiger partial charge >= 0.3 is 6.18 Å². The first-order valence-corrected chi connectivity index (χ1v) is 5.63. The Kier molecular flexibility index (Phi) is 3.76. The summed E-state index contributed by atoms with van der Waals surface area (Å²) in [4.78, 5) is 12.5. The Bertz CT molecular complexity index is 296. The fourth-order valence-corrected chi connectivity index (χ4v) is 2.05. The van der Waals surface area contributed by atoms with E-state index in [1.165, 1.54) is 0 Å². The van der Waals surface area contributed by atoms with E-state index in [1.807, 2.05) is 20.8 Å². The predicted octanol–water partition coefficient (Wildman–Crippen LogP) is 1.77. The molecular formula is C11H19F3N2O. The third-order valence-corrected chi connectivity index (χ3v) is 3.36. The first-order chi connectivity index (χ1) is 7.57. The maximum atomic E-state index is 12.7. The maximum Gasteiger partial charge on any atom is 0.410 e. The third kappa shape index (κ3) is 3.12. The van der Waals surface area contributed by atoms with Gasteiger partial charge in [0.15, 0.2) is 0 Å². The summed E-state index contributed by atoms with van der Waals surface area (Å²) < 4.78 is 38.1. The summed E-state index contributed by atoms with van der Waals surface area (Å²) in [5, 5.41) is 0. The number of amides is 1. The predicted molar refractivity (Wildman–Crippen MR) is 58.2 cm³/mol. The van der Waals surface area contributed by atoms with Crippen molar-refractivity contribution >= 4 is 5.91 Å². The molecule has 0 bridgehead atoms. The van der Waals surface area contributed by atoms with Gasteiger partial charge in [0.2, 0.25) is 5.91 Å². The quantitative estimate of drug-likeness (QED) is 0.814. The lowest BCUT2D eigenvalue weighted by Crippen LogP contribution is -2.51. The average molecular weight is 252 g/mol. The van der Waals surface area contributed by atoms with Gasteiger partial charge in [0.25, 0.3) is 0 Å². The number of nitrogens with zero attached hydrogens (tertiary/aromatic N) is 1. The van der Waals surface area contributed by atoms with E-state index in [4.69, 9.17) is 5.73 Å². The van der Waals surface area contributed by atoms with E-state index < -0.39 is 24.7 Å². The number of carbonyl (C=O) groups is 1. The molecule has 0 radical (unpaired) electrons. The van der Waals surface area contributed by atoms with Crippen LogP contribution in [0.4, 0.5) is 13.2 Å². The van der Waals surface area contributed by atoms with E-state index in [0.29, 0.717) is 0 Å². The molecule has 2 N–H and O–H groups in total. The molecule has 1 aliphatic rings. The molecule has 1 heterocycles. The molecule has 1 fully saturated rings. The molecule has 6 heteroatoms. The van der Waals surface area contributed by atoms with Crippen LogP contribution in [0, 0.1) is 11.3 Å². The molecule has 1 amide bonds. The summed E-state index contributed by atoms with van der Waals surface area (Å²) in [5.41, 5.74) is 4.97. The number of carbonyl (C=O) groups excluding carboxylic acids is 1. The number of hydrogen-bond acceptors (Lipinski definition) is 2. The Morgan fingerprint density at radius 2 is 1.94 bits per heavy atom. The van der Waals surface area contributed by atoms with Crippen molar-refractivity contribution in [1.29, 1.82) is 0 Å². The van der Waals surface area contributed by atoms with Crippen molar-refractivity contribution in [2.24, 2.45) is 17.1 Å². The standard InChI is InChI=1S/C11H19F3N2O/c1-10(2,3)7-4-9(17)16(6-7)8(5-15)11(12,13)14/h7-8H,4-6,15H2,1-3H3. The van der Waals surface area contributed by atoms with E-state index in [1.54, 1.807) is 0 Å². The molecule has 1 aliphatic heterocycles. The van der Waals surface area contributed by atoms with Crippen LogP contribution in [-0.2, 0) is 4.79 Å². The van der Waals surface area contributed by atoms with Gasteiger partial charge in [-0.25, -0.2) is 0 Å². The molecule has 0 aromatic heterocycles. The summed E-state index contributed by atoms with van der Waals surface area (Å²) in [6, 6.07) is -1.85. The summed E-state index contributed by atoms with van der Waals surface area (Å²) in [6.45, 7) is 5.36. The SMILES string of the molecule is CC(C)(C)C1CC(=O)N(C(CN)C(F)(F)F)C1. The number of hydrogen-bond donors (Lipinski definition) is 1. The monoisotopic (exact) mass is 252 g/mol. The smallest absolute Gasteiger partial charge is 0.329 e. The zero-order valence-electron chi connectivity index (χ0n) is 10.3. The van der Waals surface area contributed by atoms with Crippen LogP contribution in [0.2, 0.25) is 0 Å². The van der Waals surface area contributed by atoms with Gasteiger partial charge in [-0.2, -0.15) is 13.2 Å². The number of halogens is 3. The van der Waals surface area contributed by atoms with Crippen molar-refractivity contribution in [3.05, 3.63) is 0 Å². The van der Waals surface area contributed by atoms with Crippen molar-refractivity contribution in [2.45, 2.75) is 39.4 Å². The number of nitrogens with two attached hydrogens (primary N) is 1. The zero-order chi connectivity index (χ0) is 13.4. The van der Waals surface area contributed by atoms with Crippen molar-refractivity contribution < 1.29 is 18.0 Å². The Morgan fingerprint density at radius 3 is 2.24 bits per heavy atom. The lowest BCUT2D eigenvalue weighted by atomic mass is 9.80. The topological polar surface area (TPSA) is 46.3 Å². The molecular weight excluding hydrogens is 233 g/mol. The van der Waals surface area contributed by atoms with Crippen molar-refractivity contribution in [2.75, 3.05) is 13.1 Å². The minimum atomic E-state index is -4.45. The molecule has 0 aromatic rings. The highest BCUT2D eigenvalue weighted by Crippen LogP contribution is 2.37. The van der Waals surface area contributed by atoms with Gasteiger partial charge in [0, 0.05) is 19.5 Å². The van der Waals surface area contributed by atoms with Gasteiger partial charge in [0.1, 0.15) is 6.04 Å². The molecule has 0 spiro atoms. The van der Waals surface area contributed by atoms with Gasteiger partial charge in [-0.3, -0.25) is 4.79 Å². The van der Waals surface area contributed by atoms with Crippen molar-refractivity contribution in [3.8, 4) is 0 Å². The first kappa shape index (κ1) is 14.3. The van der Waals surface area contributed by atoms with Gasteiger partial charge in [0.05, 0.1) is 0 Å². The van der Waals surface area contributed by atoms with Crippen LogP contribution in [0.3, 0.4) is 0 Å². The minimum Gasteiger partial charge on any atom is -0.329 e. The second kappa shape index (κ2) is 4.48. The van der Waals surface area contributed by atoms with Crippen LogP contribution >= 0.6 is 0 Å². The molecule has 0 aliphatic carbocycles. The molecule has 17 heavy (non-hydrogen) atoms. The Labute approximate surface area is 99.1 Å². The number of rotatable bonds is 2. The van der Waals surface area contributed by atoms with Crippen molar-refractivity contribution in [1.82, 2.24) is 4.90 Å². The van der Waals surface area contributed by atoms with E-state index in [2.05, 4.69) is 0 Å². The highest BCUT2D eigenvalue weighted by atomic mass is 19.4. The molecule has 1 saturated heterocycles. The second-order valence-electron chi connectivity index (χ2n) is 5.61. The summed E-state index contributed by atoms with van der Waals surface area (Å²) >= 11 is 0. The summed E-state index contributed by atoms with van der Waals surface area (Å²) in [7, 11) is 0. The van der Waals surface area contributed by atoms with Gasteiger partial charge in [-0.1, -0.05) is 20.8 Å². The second-order valence-corrected chi connectivity index (χ2v) is 5.61. The van der Waals surface area contributed by atoms with Crippen molar-refractivity contribution in [3.63, 3.8) is 0 Å². The molecule has 2 unspecified atom stereocenters. The van der Waals surface area contributed by atoms with Crippen LogP contribution in [0.1, 0.15) is 27.2 Å². The molecule has 0 aromatic carbocycles. The zero-order valence-corrected chi connectivity index (χ0v) is 10.3. The Balaban J connectivity index is 2.83. The number of alkyl halides is 3. The lowest BCUT2D eigenvalue weighted by molar-refractivity contribution is -0.184. The average Bonchev–Trinajstić information content (AvgIpc) is 2.46. The Morgan fingerprint density at radius 1 is 1.41 bits per heavy atom. The van der Waals surface area contributed by atoms with Gasteiger partial charge in [-0.05, 0) is 11.3 Å². The summed E-state index contributed by atoms with van der Waals surface area (Å²) in [5.74, 6) is -0.496. The molecule has 1 rings (SSSR count). The maximum absolute atomic E-state index is 12.7. The van der Waals surface area contributed by atoms with Crippen LogP contribution in [0.15, 0.2) is 0 Å². The Hall–Kier alpha value is -0.780. The number of likely N-dealkylation sites (tertiary alicyclic amines) is 1. The summed E-state index contributed by atoms with van der Waals surface area (Å²) in [6.07, 6.45) is -4.27. The fourth-order valence-electron chi connectivity index (χ4n) is 2.05. The van der Waals surface area contributed by atoms with Crippen LogP contribution in [0.5, 0.6) is 0 Å². The normalized spacial score (nSPS) is 24.3. The van der Waals surface area contributed by atoms with E-state index in [0.717, 1.165) is 4.90 Å². The minimum absolute atomic E-state index is 0.0496. The van der Waals surface area contributed by atoms with E-state index in [-0.39, 0.29) is 24.3 Å². The van der Waals surface area contributed by atoms with Crippen LogP contribution < -0.4 is 5.73 Å². The fraction of sp³-hybridized carbons (Fsp3) is 0.909.